The average molecular weight is 203 g/mol. The van der Waals surface area contributed by atoms with E-state index in [0.29, 0.717) is 0 Å². The molecule has 0 aliphatic heterocycles. The van der Waals surface area contributed by atoms with Crippen molar-refractivity contribution in [1.29, 1.82) is 0 Å². The molecular formula is C12H13NO2. The maximum Gasteiger partial charge on any atom is 0.235 e. The van der Waals surface area contributed by atoms with Crippen molar-refractivity contribution >= 4 is 6.08 Å². The SMILES string of the molecule is COc1cccc2c1CC(N=C=O)CC2. The molecule has 1 aliphatic carbocycles. The van der Waals surface area contributed by atoms with Gasteiger partial charge in [0.2, 0.25) is 6.08 Å². The molecule has 0 saturated heterocycles. The fourth-order valence-corrected chi connectivity index (χ4v) is 2.11. The van der Waals surface area contributed by atoms with Crippen molar-refractivity contribution in [2.45, 2.75) is 25.3 Å². The molecule has 0 radical (unpaired) electrons. The molecule has 0 N–H and O–H groups in total. The largest absolute Gasteiger partial charge is 0.496 e. The number of aliphatic imine (C=N–C) groups is 1. The van der Waals surface area contributed by atoms with Gasteiger partial charge in [-0.2, -0.15) is 0 Å². The summed E-state index contributed by atoms with van der Waals surface area (Å²) in [5.74, 6) is 0.901. The predicted octanol–water partition coefficient (Wildman–Crippen LogP) is 1.89. The van der Waals surface area contributed by atoms with Crippen LogP contribution in [0.5, 0.6) is 5.75 Å². The summed E-state index contributed by atoms with van der Waals surface area (Å²) in [6.07, 6.45) is 4.31. The highest BCUT2D eigenvalue weighted by molar-refractivity contribution is 5.43. The molecule has 1 aliphatic rings. The van der Waals surface area contributed by atoms with Crippen LogP contribution in [0, 0.1) is 0 Å². The molecule has 0 aromatic heterocycles. The predicted molar refractivity (Wildman–Crippen MR) is 56.9 cm³/mol. The zero-order valence-electron chi connectivity index (χ0n) is 8.69. The third kappa shape index (κ3) is 1.92. The third-order valence-electron chi connectivity index (χ3n) is 2.87. The second-order valence-electron chi connectivity index (χ2n) is 3.71. The minimum atomic E-state index is 0.0753. The Balaban J connectivity index is 2.33. The van der Waals surface area contributed by atoms with Gasteiger partial charge in [0.15, 0.2) is 0 Å². The summed E-state index contributed by atoms with van der Waals surface area (Å²) in [5, 5.41) is 0. The van der Waals surface area contributed by atoms with Crippen molar-refractivity contribution < 1.29 is 9.53 Å². The van der Waals surface area contributed by atoms with Gasteiger partial charge in [0.05, 0.1) is 13.2 Å². The summed E-state index contributed by atoms with van der Waals surface area (Å²) in [6, 6.07) is 6.14. The first-order chi connectivity index (χ1) is 7.35. The zero-order chi connectivity index (χ0) is 10.7. The summed E-state index contributed by atoms with van der Waals surface area (Å²) in [4.78, 5) is 14.0. The molecule has 1 aromatic carbocycles. The standard InChI is InChI=1S/C12H13NO2/c1-15-12-4-2-3-9-5-6-10(13-8-14)7-11(9)12/h2-4,10H,5-7H2,1H3. The maximum absolute atomic E-state index is 10.2. The Bertz CT molecular complexity index is 394. The molecule has 0 saturated carbocycles. The first kappa shape index (κ1) is 9.94. The van der Waals surface area contributed by atoms with E-state index in [2.05, 4.69) is 11.1 Å². The number of nitrogens with zero attached hydrogens (tertiary/aromatic N) is 1. The molecule has 0 heterocycles. The molecule has 78 valence electrons. The van der Waals surface area contributed by atoms with E-state index in [0.717, 1.165) is 25.0 Å². The van der Waals surface area contributed by atoms with Gasteiger partial charge in [0.1, 0.15) is 5.75 Å². The number of ether oxygens (including phenoxy) is 1. The fourth-order valence-electron chi connectivity index (χ4n) is 2.11. The topological polar surface area (TPSA) is 38.7 Å². The Morgan fingerprint density at radius 2 is 2.40 bits per heavy atom. The summed E-state index contributed by atoms with van der Waals surface area (Å²) in [5.41, 5.74) is 2.50. The Kier molecular flexibility index (Phi) is 2.84. The van der Waals surface area contributed by atoms with Crippen LogP contribution in [0.25, 0.3) is 0 Å². The summed E-state index contributed by atoms with van der Waals surface area (Å²) >= 11 is 0. The summed E-state index contributed by atoms with van der Waals surface area (Å²) < 4.78 is 5.30. The smallest absolute Gasteiger partial charge is 0.235 e. The normalized spacial score (nSPS) is 18.9. The van der Waals surface area contributed by atoms with Crippen LogP contribution in [0.1, 0.15) is 17.5 Å². The zero-order valence-corrected chi connectivity index (χ0v) is 8.69. The van der Waals surface area contributed by atoms with Gasteiger partial charge in [-0.3, -0.25) is 0 Å². The lowest BCUT2D eigenvalue weighted by molar-refractivity contribution is 0.403. The average Bonchev–Trinajstić information content (AvgIpc) is 2.28. The monoisotopic (exact) mass is 203 g/mol. The molecule has 0 fully saturated rings. The molecule has 15 heavy (non-hydrogen) atoms. The van der Waals surface area contributed by atoms with E-state index in [9.17, 15) is 4.79 Å². The number of fused-ring (bicyclic) bond motifs is 1. The van der Waals surface area contributed by atoms with Crippen molar-refractivity contribution in [2.24, 2.45) is 4.99 Å². The number of methoxy groups -OCH3 is 1. The minimum absolute atomic E-state index is 0.0753. The summed E-state index contributed by atoms with van der Waals surface area (Å²) in [6.45, 7) is 0. The fraction of sp³-hybridized carbons (Fsp3) is 0.417. The second kappa shape index (κ2) is 4.28. The van der Waals surface area contributed by atoms with Gasteiger partial charge in [-0.15, -0.1) is 0 Å². The van der Waals surface area contributed by atoms with Crippen molar-refractivity contribution in [3.63, 3.8) is 0 Å². The maximum atomic E-state index is 10.2. The first-order valence-corrected chi connectivity index (χ1v) is 5.07. The van der Waals surface area contributed by atoms with Gasteiger partial charge in [0.25, 0.3) is 0 Å². The van der Waals surface area contributed by atoms with E-state index in [1.165, 1.54) is 11.1 Å². The number of isocyanates is 1. The number of aryl methyl sites for hydroxylation is 1. The Morgan fingerprint density at radius 1 is 1.53 bits per heavy atom. The molecule has 0 bridgehead atoms. The quantitative estimate of drug-likeness (QED) is 0.544. The molecule has 1 aromatic rings. The van der Waals surface area contributed by atoms with Crippen LogP contribution in [-0.2, 0) is 17.6 Å². The first-order valence-electron chi connectivity index (χ1n) is 5.07. The van der Waals surface area contributed by atoms with E-state index >= 15 is 0 Å². The van der Waals surface area contributed by atoms with Gasteiger partial charge in [-0.1, -0.05) is 12.1 Å². The molecule has 3 heteroatoms. The van der Waals surface area contributed by atoms with Gasteiger partial charge in [-0.05, 0) is 36.5 Å². The van der Waals surface area contributed by atoms with Gasteiger partial charge in [0, 0.05) is 0 Å². The molecular weight excluding hydrogens is 190 g/mol. The molecule has 3 nitrogen and oxygen atoms in total. The van der Waals surface area contributed by atoms with Crippen molar-refractivity contribution in [2.75, 3.05) is 7.11 Å². The van der Waals surface area contributed by atoms with Crippen LogP contribution in [-0.4, -0.2) is 19.2 Å². The van der Waals surface area contributed by atoms with Gasteiger partial charge >= 0.3 is 0 Å². The van der Waals surface area contributed by atoms with E-state index in [1.807, 2.05) is 12.1 Å². The highest BCUT2D eigenvalue weighted by Gasteiger charge is 2.20. The van der Waals surface area contributed by atoms with E-state index < -0.39 is 0 Å². The lowest BCUT2D eigenvalue weighted by Crippen LogP contribution is -2.17. The molecule has 1 unspecified atom stereocenters. The Hall–Kier alpha value is -1.60. The number of carbonyl (C=O) groups excluding carboxylic acids is 1. The highest BCUT2D eigenvalue weighted by atomic mass is 16.5. The van der Waals surface area contributed by atoms with Crippen LogP contribution in [0.2, 0.25) is 0 Å². The molecule has 1 atom stereocenters. The highest BCUT2D eigenvalue weighted by Crippen LogP contribution is 2.30. The van der Waals surface area contributed by atoms with Crippen LogP contribution >= 0.6 is 0 Å². The summed E-state index contributed by atoms with van der Waals surface area (Å²) in [7, 11) is 1.67. The van der Waals surface area contributed by atoms with Crippen molar-refractivity contribution in [1.82, 2.24) is 0 Å². The van der Waals surface area contributed by atoms with Crippen LogP contribution in [0.15, 0.2) is 23.2 Å². The Labute approximate surface area is 88.8 Å². The number of hydrogen-bond donors (Lipinski definition) is 0. The second-order valence-corrected chi connectivity index (χ2v) is 3.71. The van der Waals surface area contributed by atoms with E-state index in [1.54, 1.807) is 13.2 Å². The number of hydrogen-bond acceptors (Lipinski definition) is 3. The van der Waals surface area contributed by atoms with Crippen molar-refractivity contribution in [3.8, 4) is 5.75 Å². The lowest BCUT2D eigenvalue weighted by Gasteiger charge is -2.22. The van der Waals surface area contributed by atoms with Crippen LogP contribution in [0.4, 0.5) is 0 Å². The van der Waals surface area contributed by atoms with Gasteiger partial charge < -0.3 is 4.74 Å². The van der Waals surface area contributed by atoms with E-state index in [-0.39, 0.29) is 6.04 Å². The minimum Gasteiger partial charge on any atom is -0.496 e. The molecule has 0 spiro atoms. The van der Waals surface area contributed by atoms with E-state index in [4.69, 9.17) is 4.74 Å². The third-order valence-corrected chi connectivity index (χ3v) is 2.87. The van der Waals surface area contributed by atoms with Crippen molar-refractivity contribution in [3.05, 3.63) is 29.3 Å². The van der Waals surface area contributed by atoms with Crippen LogP contribution < -0.4 is 4.74 Å². The molecule has 2 rings (SSSR count). The number of benzene rings is 1. The van der Waals surface area contributed by atoms with Crippen LogP contribution in [0.3, 0.4) is 0 Å². The lowest BCUT2D eigenvalue weighted by atomic mass is 9.88. The van der Waals surface area contributed by atoms with Gasteiger partial charge in [-0.25, -0.2) is 9.79 Å². The Morgan fingerprint density at radius 3 is 3.13 bits per heavy atom. The molecule has 0 amide bonds. The number of rotatable bonds is 2.